The summed E-state index contributed by atoms with van der Waals surface area (Å²) in [6, 6.07) is 11.8. The van der Waals surface area contributed by atoms with Gasteiger partial charge in [0.2, 0.25) is 11.6 Å². The third-order valence-electron chi connectivity index (χ3n) is 3.75. The smallest absolute Gasteiger partial charge is 0.231 e. The molecule has 1 aliphatic heterocycles. The summed E-state index contributed by atoms with van der Waals surface area (Å²) in [5, 5.41) is 0.909. The van der Waals surface area contributed by atoms with Gasteiger partial charge in [-0.25, -0.2) is 4.98 Å². The first-order valence-corrected chi connectivity index (χ1v) is 8.44. The van der Waals surface area contributed by atoms with E-state index < -0.39 is 0 Å². The van der Waals surface area contributed by atoms with Crippen LogP contribution in [0.15, 0.2) is 36.4 Å². The number of rotatable bonds is 2. The fraction of sp³-hybridized carbons (Fsp3) is 0.125. The fourth-order valence-corrected chi connectivity index (χ4v) is 3.35. The number of benzene rings is 2. The molecular weight excluding hydrogens is 425 g/mol. The predicted molar refractivity (Wildman–Crippen MR) is 99.4 cm³/mol. The van der Waals surface area contributed by atoms with E-state index in [4.69, 9.17) is 27.4 Å². The van der Waals surface area contributed by atoms with Crippen LogP contribution >= 0.6 is 34.8 Å². The molecule has 0 amide bonds. The first kappa shape index (κ1) is 14.7. The molecule has 0 bridgehead atoms. The average molecular weight is 437 g/mol. The number of hydrogen-bond donors (Lipinski definition) is 1. The highest BCUT2D eigenvalue weighted by atomic mass is 127. The minimum absolute atomic E-state index is 0.260. The zero-order valence-corrected chi connectivity index (χ0v) is 14.9. The van der Waals surface area contributed by atoms with Crippen LogP contribution in [0.3, 0.4) is 0 Å². The Morgan fingerprint density at radius 1 is 1.17 bits per heavy atom. The first-order chi connectivity index (χ1) is 11.1. The van der Waals surface area contributed by atoms with Crippen molar-refractivity contribution in [2.45, 2.75) is 6.54 Å². The highest BCUT2D eigenvalue weighted by Crippen LogP contribution is 2.33. The van der Waals surface area contributed by atoms with Crippen LogP contribution < -0.4 is 15.2 Å². The second kappa shape index (κ2) is 5.64. The maximum absolute atomic E-state index is 6.35. The van der Waals surface area contributed by atoms with Crippen LogP contribution in [-0.2, 0) is 6.54 Å². The third kappa shape index (κ3) is 2.63. The fourth-order valence-electron chi connectivity index (χ4n) is 2.60. The zero-order chi connectivity index (χ0) is 16.0. The van der Waals surface area contributed by atoms with Crippen LogP contribution in [0.1, 0.15) is 5.56 Å². The number of halogens is 1. The lowest BCUT2D eigenvalue weighted by molar-refractivity contribution is 0.174. The number of fused-ring (bicyclic) bond motifs is 2. The number of nitrogen functional groups attached to an aromatic ring is 1. The first-order valence-electron chi connectivity index (χ1n) is 6.96. The lowest BCUT2D eigenvalue weighted by atomic mass is 10.2. The van der Waals surface area contributed by atoms with Crippen molar-refractivity contribution in [1.29, 1.82) is 0 Å². The van der Waals surface area contributed by atoms with Gasteiger partial charge in [-0.2, -0.15) is 0 Å². The van der Waals surface area contributed by atoms with Crippen molar-refractivity contribution >= 4 is 51.5 Å². The van der Waals surface area contributed by atoms with Gasteiger partial charge in [-0.05, 0) is 70.7 Å². The second-order valence-corrected chi connectivity index (χ2v) is 6.83. The summed E-state index contributed by atoms with van der Waals surface area (Å²) < 4.78 is 14.2. The summed E-state index contributed by atoms with van der Waals surface area (Å²) in [5.74, 6) is 2.13. The molecule has 0 unspecified atom stereocenters. The molecule has 1 aliphatic rings. The lowest BCUT2D eigenvalue weighted by Crippen LogP contribution is -2.10. The second-order valence-electron chi connectivity index (χ2n) is 5.21. The van der Waals surface area contributed by atoms with E-state index >= 15 is 0 Å². The van der Waals surface area contributed by atoms with Gasteiger partial charge < -0.3 is 15.2 Å². The number of nitrogens with two attached hydrogens (primary N) is 1. The molecule has 3 aromatic rings. The molecule has 4 rings (SSSR count). The largest absolute Gasteiger partial charge is 0.454 e. The molecule has 1 aromatic heterocycles. The Bertz CT molecular complexity index is 987. The molecule has 0 saturated carbocycles. The summed E-state index contributed by atoms with van der Waals surface area (Å²) in [5.41, 5.74) is 8.19. The topological polar surface area (TPSA) is 62.3 Å². The molecule has 0 fully saturated rings. The van der Waals surface area contributed by atoms with Gasteiger partial charge in [0.25, 0.3) is 0 Å². The number of anilines is 1. The van der Waals surface area contributed by atoms with E-state index in [1.165, 1.54) is 0 Å². The summed E-state index contributed by atoms with van der Waals surface area (Å²) in [4.78, 5) is 4.48. The maximum Gasteiger partial charge on any atom is 0.231 e. The average Bonchev–Trinajstić information content (AvgIpc) is 3.00. The van der Waals surface area contributed by atoms with E-state index in [1.54, 1.807) is 0 Å². The third-order valence-corrected chi connectivity index (χ3v) is 4.73. The van der Waals surface area contributed by atoms with E-state index in [9.17, 15) is 0 Å². The van der Waals surface area contributed by atoms with Crippen LogP contribution in [0, 0.1) is 8.34 Å². The monoisotopic (exact) mass is 437 g/mol. The van der Waals surface area contributed by atoms with Gasteiger partial charge in [0.1, 0.15) is 5.82 Å². The Morgan fingerprint density at radius 2 is 2.00 bits per heavy atom. The van der Waals surface area contributed by atoms with Crippen LogP contribution in [0.4, 0.5) is 5.82 Å². The highest BCUT2D eigenvalue weighted by Gasteiger charge is 2.14. The van der Waals surface area contributed by atoms with E-state index in [1.807, 2.05) is 41.0 Å². The SMILES string of the molecule is Nc1c2cc(I)ccc2nc(=S)n1Cc1ccc2c(c1)OCO2. The molecular formula is C16H12IN3O2S. The summed E-state index contributed by atoms with van der Waals surface area (Å²) in [7, 11) is 0. The Morgan fingerprint density at radius 3 is 2.87 bits per heavy atom. The molecule has 7 heteroatoms. The molecule has 23 heavy (non-hydrogen) atoms. The van der Waals surface area contributed by atoms with Crippen LogP contribution in [-0.4, -0.2) is 16.3 Å². The number of ether oxygens (including phenoxy) is 2. The van der Waals surface area contributed by atoms with Crippen molar-refractivity contribution in [2.75, 3.05) is 12.5 Å². The number of hydrogen-bond acceptors (Lipinski definition) is 5. The maximum atomic E-state index is 6.35. The Kier molecular flexibility index (Phi) is 3.61. The number of nitrogens with zero attached hydrogens (tertiary/aromatic N) is 2. The molecule has 0 radical (unpaired) electrons. The van der Waals surface area contributed by atoms with Crippen molar-refractivity contribution in [3.05, 3.63) is 50.3 Å². The van der Waals surface area contributed by atoms with Gasteiger partial charge in [0.15, 0.2) is 11.5 Å². The standard InChI is InChI=1S/C16H12IN3O2S/c17-10-2-3-12-11(6-10)15(18)20(16(23)19-12)7-9-1-4-13-14(5-9)22-8-21-13/h1-6H,7-8,18H2. The zero-order valence-electron chi connectivity index (χ0n) is 12.0. The summed E-state index contributed by atoms with van der Waals surface area (Å²) >= 11 is 7.67. The van der Waals surface area contributed by atoms with Crippen LogP contribution in [0.5, 0.6) is 11.5 Å². The molecule has 2 heterocycles. The van der Waals surface area contributed by atoms with Crippen molar-refractivity contribution in [2.24, 2.45) is 0 Å². The van der Waals surface area contributed by atoms with Gasteiger partial charge in [-0.1, -0.05) is 6.07 Å². The minimum Gasteiger partial charge on any atom is -0.454 e. The highest BCUT2D eigenvalue weighted by molar-refractivity contribution is 14.1. The van der Waals surface area contributed by atoms with Gasteiger partial charge in [0.05, 0.1) is 12.1 Å². The molecule has 2 N–H and O–H groups in total. The van der Waals surface area contributed by atoms with Crippen molar-refractivity contribution in [3.8, 4) is 11.5 Å². The molecule has 0 aliphatic carbocycles. The predicted octanol–water partition coefficient (Wildman–Crippen LogP) is 3.73. The lowest BCUT2D eigenvalue weighted by Gasteiger charge is -2.13. The Balaban J connectivity index is 1.81. The molecule has 0 spiro atoms. The summed E-state index contributed by atoms with van der Waals surface area (Å²) in [6.45, 7) is 0.798. The molecule has 2 aromatic carbocycles. The normalized spacial score (nSPS) is 12.7. The summed E-state index contributed by atoms with van der Waals surface area (Å²) in [6.07, 6.45) is 0. The van der Waals surface area contributed by atoms with E-state index in [0.717, 1.165) is 31.5 Å². The van der Waals surface area contributed by atoms with Crippen LogP contribution in [0.2, 0.25) is 0 Å². The van der Waals surface area contributed by atoms with Gasteiger partial charge >= 0.3 is 0 Å². The van der Waals surface area contributed by atoms with Crippen LogP contribution in [0.25, 0.3) is 10.9 Å². The molecule has 0 atom stereocenters. The van der Waals surface area contributed by atoms with E-state index in [-0.39, 0.29) is 6.79 Å². The van der Waals surface area contributed by atoms with E-state index in [0.29, 0.717) is 17.1 Å². The van der Waals surface area contributed by atoms with Gasteiger partial charge in [-0.3, -0.25) is 4.57 Å². The molecule has 5 nitrogen and oxygen atoms in total. The van der Waals surface area contributed by atoms with Gasteiger partial charge in [-0.15, -0.1) is 0 Å². The van der Waals surface area contributed by atoms with E-state index in [2.05, 4.69) is 27.6 Å². The van der Waals surface area contributed by atoms with Crippen molar-refractivity contribution in [1.82, 2.24) is 9.55 Å². The molecule has 116 valence electrons. The number of aromatic nitrogens is 2. The Labute approximate surface area is 151 Å². The van der Waals surface area contributed by atoms with Crippen molar-refractivity contribution < 1.29 is 9.47 Å². The van der Waals surface area contributed by atoms with Crippen molar-refractivity contribution in [3.63, 3.8) is 0 Å². The molecule has 0 saturated heterocycles. The Hall–Kier alpha value is -1.87. The minimum atomic E-state index is 0.260. The quantitative estimate of drug-likeness (QED) is 0.489. The van der Waals surface area contributed by atoms with Gasteiger partial charge in [0, 0.05) is 8.96 Å².